The van der Waals surface area contributed by atoms with Gasteiger partial charge < -0.3 is 5.32 Å². The van der Waals surface area contributed by atoms with Gasteiger partial charge in [0.05, 0.1) is 4.88 Å². The van der Waals surface area contributed by atoms with Crippen LogP contribution in [0, 0.1) is 0 Å². The van der Waals surface area contributed by atoms with Crippen LogP contribution in [0.4, 0.5) is 0 Å². The second-order valence-electron chi connectivity index (χ2n) is 3.97. The predicted molar refractivity (Wildman–Crippen MR) is 81.1 cm³/mol. The maximum Gasteiger partial charge on any atom is 0.275 e. The van der Waals surface area contributed by atoms with E-state index in [1.165, 1.54) is 0 Å². The van der Waals surface area contributed by atoms with E-state index in [1.807, 2.05) is 41.8 Å². The first-order valence-electron chi connectivity index (χ1n) is 5.63. The van der Waals surface area contributed by atoms with Crippen LogP contribution >= 0.6 is 27.3 Å². The summed E-state index contributed by atoms with van der Waals surface area (Å²) in [6, 6.07) is 11.6. The largest absolute Gasteiger partial charge is 0.304 e. The Morgan fingerprint density at radius 3 is 2.68 bits per heavy atom. The summed E-state index contributed by atoms with van der Waals surface area (Å²) in [5, 5.41) is 4.74. The van der Waals surface area contributed by atoms with Gasteiger partial charge in [0.25, 0.3) is 5.91 Å². The fraction of sp³-hybridized carbons (Fsp3) is 0. The van der Waals surface area contributed by atoms with Gasteiger partial charge in [-0.25, -0.2) is 4.99 Å². The average molecular weight is 333 g/mol. The summed E-state index contributed by atoms with van der Waals surface area (Å²) in [5.74, 6) is 0.467. The summed E-state index contributed by atoms with van der Waals surface area (Å²) in [5.41, 5.74) is 1.38. The normalized spacial score (nSPS) is 16.6. The summed E-state index contributed by atoms with van der Waals surface area (Å²) < 4.78 is 1.01. The van der Waals surface area contributed by atoms with Gasteiger partial charge in [-0.2, -0.15) is 0 Å². The zero-order valence-electron chi connectivity index (χ0n) is 9.76. The fourth-order valence-electron chi connectivity index (χ4n) is 1.72. The first-order chi connectivity index (χ1) is 9.22. The number of nitrogens with zero attached hydrogens (tertiary/aromatic N) is 1. The zero-order valence-corrected chi connectivity index (χ0v) is 12.2. The van der Waals surface area contributed by atoms with Crippen LogP contribution < -0.4 is 5.32 Å². The van der Waals surface area contributed by atoms with E-state index >= 15 is 0 Å². The number of rotatable bonds is 2. The minimum absolute atomic E-state index is 0.161. The van der Waals surface area contributed by atoms with Gasteiger partial charge in [0.15, 0.2) is 5.84 Å². The van der Waals surface area contributed by atoms with Gasteiger partial charge in [-0.3, -0.25) is 4.79 Å². The molecule has 1 N–H and O–H groups in total. The van der Waals surface area contributed by atoms with E-state index in [4.69, 9.17) is 0 Å². The maximum atomic E-state index is 11.9. The van der Waals surface area contributed by atoms with Crippen molar-refractivity contribution in [3.63, 3.8) is 0 Å². The van der Waals surface area contributed by atoms with Crippen molar-refractivity contribution in [3.8, 4) is 0 Å². The highest BCUT2D eigenvalue weighted by Gasteiger charge is 2.21. The first-order valence-corrected chi connectivity index (χ1v) is 7.31. The smallest absolute Gasteiger partial charge is 0.275 e. The van der Waals surface area contributed by atoms with Crippen molar-refractivity contribution < 1.29 is 4.79 Å². The third kappa shape index (κ3) is 2.67. The highest BCUT2D eigenvalue weighted by Crippen LogP contribution is 2.18. The van der Waals surface area contributed by atoms with E-state index in [-0.39, 0.29) is 5.91 Å². The molecule has 0 aliphatic carbocycles. The number of benzene rings is 1. The summed E-state index contributed by atoms with van der Waals surface area (Å²) in [4.78, 5) is 17.2. The minimum atomic E-state index is -0.161. The molecule has 1 aromatic heterocycles. The number of hydrogen-bond donors (Lipinski definition) is 1. The Morgan fingerprint density at radius 2 is 2.00 bits per heavy atom. The lowest BCUT2D eigenvalue weighted by atomic mass is 10.2. The maximum absolute atomic E-state index is 11.9. The van der Waals surface area contributed by atoms with Crippen LogP contribution in [0.15, 0.2) is 56.9 Å². The Balaban J connectivity index is 1.92. The van der Waals surface area contributed by atoms with Crippen molar-refractivity contribution in [2.75, 3.05) is 0 Å². The van der Waals surface area contributed by atoms with E-state index in [0.29, 0.717) is 11.5 Å². The number of amides is 1. The highest BCUT2D eigenvalue weighted by atomic mass is 79.9. The van der Waals surface area contributed by atoms with E-state index in [9.17, 15) is 4.79 Å². The summed E-state index contributed by atoms with van der Waals surface area (Å²) in [7, 11) is 0. The zero-order chi connectivity index (χ0) is 13.2. The van der Waals surface area contributed by atoms with E-state index in [0.717, 1.165) is 14.9 Å². The van der Waals surface area contributed by atoms with Gasteiger partial charge in [-0.05, 0) is 35.2 Å². The molecule has 3 rings (SSSR count). The number of thiophene rings is 1. The van der Waals surface area contributed by atoms with Crippen molar-refractivity contribution in [2.45, 2.75) is 0 Å². The Hall–Kier alpha value is -1.72. The standard InChI is InChI=1S/C14H9BrN2OS/c15-10-5-3-9(4-6-10)8-11-14(18)17-13(16-11)12-2-1-7-19-12/h1-8H,(H,16,17,18)/b11-8+. The van der Waals surface area contributed by atoms with Gasteiger partial charge in [-0.15, -0.1) is 11.3 Å². The van der Waals surface area contributed by atoms with Crippen molar-refractivity contribution in [2.24, 2.45) is 4.99 Å². The quantitative estimate of drug-likeness (QED) is 0.841. The second kappa shape index (κ2) is 5.11. The van der Waals surface area contributed by atoms with Crippen LogP contribution in [-0.4, -0.2) is 11.7 Å². The van der Waals surface area contributed by atoms with Gasteiger partial charge in [0.2, 0.25) is 0 Å². The molecular weight excluding hydrogens is 324 g/mol. The van der Waals surface area contributed by atoms with E-state index in [1.54, 1.807) is 17.4 Å². The number of halogens is 1. The lowest BCUT2D eigenvalue weighted by Crippen LogP contribution is -2.23. The number of carbonyl (C=O) groups excluding carboxylic acids is 1. The molecule has 0 bridgehead atoms. The van der Waals surface area contributed by atoms with Crippen molar-refractivity contribution in [1.29, 1.82) is 0 Å². The number of hydrogen-bond acceptors (Lipinski definition) is 3. The SMILES string of the molecule is O=C1NC(c2cccs2)=N/C1=C/c1ccc(Br)cc1. The van der Waals surface area contributed by atoms with Crippen LogP contribution in [0.3, 0.4) is 0 Å². The molecule has 94 valence electrons. The molecule has 0 saturated heterocycles. The molecular formula is C14H9BrN2OS. The number of carbonyl (C=O) groups is 1. The van der Waals surface area contributed by atoms with E-state index in [2.05, 4.69) is 26.2 Å². The van der Waals surface area contributed by atoms with Crippen LogP contribution in [0.2, 0.25) is 0 Å². The third-order valence-electron chi connectivity index (χ3n) is 2.62. The molecule has 0 fully saturated rings. The van der Waals surface area contributed by atoms with Gasteiger partial charge in [0.1, 0.15) is 5.70 Å². The molecule has 0 unspecified atom stereocenters. The monoisotopic (exact) mass is 332 g/mol. The molecule has 1 amide bonds. The topological polar surface area (TPSA) is 41.5 Å². The molecule has 0 radical (unpaired) electrons. The average Bonchev–Trinajstić information content (AvgIpc) is 3.03. The molecule has 0 atom stereocenters. The van der Waals surface area contributed by atoms with E-state index < -0.39 is 0 Å². The number of aliphatic imine (C=N–C) groups is 1. The van der Waals surface area contributed by atoms with Crippen molar-refractivity contribution >= 4 is 45.1 Å². The van der Waals surface area contributed by atoms with Crippen LogP contribution in [0.1, 0.15) is 10.4 Å². The summed E-state index contributed by atoms with van der Waals surface area (Å²) in [6.07, 6.45) is 1.78. The Bertz CT molecular complexity index is 672. The number of nitrogens with one attached hydrogen (secondary N) is 1. The van der Waals surface area contributed by atoms with Crippen LogP contribution in [-0.2, 0) is 4.79 Å². The lowest BCUT2D eigenvalue weighted by molar-refractivity contribution is -0.115. The Morgan fingerprint density at radius 1 is 1.21 bits per heavy atom. The molecule has 0 spiro atoms. The molecule has 3 nitrogen and oxygen atoms in total. The lowest BCUT2D eigenvalue weighted by Gasteiger charge is -1.95. The Labute approximate surface area is 122 Å². The third-order valence-corrected chi connectivity index (χ3v) is 4.03. The molecule has 2 heterocycles. The van der Waals surface area contributed by atoms with Gasteiger partial charge >= 0.3 is 0 Å². The van der Waals surface area contributed by atoms with Crippen LogP contribution in [0.25, 0.3) is 6.08 Å². The summed E-state index contributed by atoms with van der Waals surface area (Å²) in [6.45, 7) is 0. The predicted octanol–water partition coefficient (Wildman–Crippen LogP) is 3.43. The fourth-order valence-corrected chi connectivity index (χ4v) is 2.65. The molecule has 1 aromatic carbocycles. The minimum Gasteiger partial charge on any atom is -0.304 e. The van der Waals surface area contributed by atoms with Gasteiger partial charge in [-0.1, -0.05) is 34.1 Å². The molecule has 2 aromatic rings. The summed E-state index contributed by atoms with van der Waals surface area (Å²) >= 11 is 4.93. The highest BCUT2D eigenvalue weighted by molar-refractivity contribution is 9.10. The second-order valence-corrected chi connectivity index (χ2v) is 5.84. The molecule has 0 saturated carbocycles. The molecule has 5 heteroatoms. The van der Waals surface area contributed by atoms with Crippen molar-refractivity contribution in [3.05, 3.63) is 62.4 Å². The molecule has 1 aliphatic heterocycles. The Kier molecular flexibility index (Phi) is 3.31. The molecule has 19 heavy (non-hydrogen) atoms. The molecule has 1 aliphatic rings. The van der Waals surface area contributed by atoms with Crippen LogP contribution in [0.5, 0.6) is 0 Å². The van der Waals surface area contributed by atoms with Gasteiger partial charge in [0, 0.05) is 4.47 Å². The number of amidine groups is 1. The van der Waals surface area contributed by atoms with Crippen molar-refractivity contribution in [1.82, 2.24) is 5.32 Å². The first kappa shape index (κ1) is 12.3.